The first-order valence-electron chi connectivity index (χ1n) is 6.05. The standard InChI is InChI=1S/C14H15BrN2O3/c1-2-3-4-5-8-16-14(20)17-10-6-7-12(15)11(9-10)13(18)19/h1,6-7,9H,3-5,8H2,(H,18,19)(H2,16,17,20). The van der Waals surface area contributed by atoms with Crippen molar-refractivity contribution in [1.82, 2.24) is 5.32 Å². The topological polar surface area (TPSA) is 78.4 Å². The number of hydrogen-bond acceptors (Lipinski definition) is 2. The van der Waals surface area contributed by atoms with Crippen LogP contribution in [0.4, 0.5) is 10.5 Å². The van der Waals surface area contributed by atoms with E-state index in [2.05, 4.69) is 32.5 Å². The molecule has 0 aliphatic heterocycles. The Labute approximate surface area is 125 Å². The average Bonchev–Trinajstić information content (AvgIpc) is 2.40. The van der Waals surface area contributed by atoms with Gasteiger partial charge in [-0.15, -0.1) is 12.3 Å². The number of benzene rings is 1. The Morgan fingerprint density at radius 1 is 1.35 bits per heavy atom. The fraction of sp³-hybridized carbons (Fsp3) is 0.286. The highest BCUT2D eigenvalue weighted by molar-refractivity contribution is 9.10. The molecular weight excluding hydrogens is 324 g/mol. The van der Waals surface area contributed by atoms with Crippen LogP contribution in [0.5, 0.6) is 0 Å². The van der Waals surface area contributed by atoms with Crippen LogP contribution in [0, 0.1) is 12.3 Å². The number of carbonyl (C=O) groups is 2. The maximum atomic E-state index is 11.6. The van der Waals surface area contributed by atoms with Crippen molar-refractivity contribution in [3.63, 3.8) is 0 Å². The Hall–Kier alpha value is -2.00. The minimum atomic E-state index is -1.06. The van der Waals surface area contributed by atoms with Crippen molar-refractivity contribution in [2.75, 3.05) is 11.9 Å². The molecule has 0 saturated carbocycles. The summed E-state index contributed by atoms with van der Waals surface area (Å²) in [5.41, 5.74) is 0.517. The van der Waals surface area contributed by atoms with Gasteiger partial charge in [-0.2, -0.15) is 0 Å². The maximum Gasteiger partial charge on any atom is 0.336 e. The fourth-order valence-corrected chi connectivity index (χ4v) is 1.91. The van der Waals surface area contributed by atoms with Gasteiger partial charge >= 0.3 is 12.0 Å². The molecule has 0 atom stereocenters. The molecule has 2 amide bonds. The molecular formula is C14H15BrN2O3. The average molecular weight is 339 g/mol. The van der Waals surface area contributed by atoms with Gasteiger partial charge in [-0.25, -0.2) is 9.59 Å². The molecule has 20 heavy (non-hydrogen) atoms. The largest absolute Gasteiger partial charge is 0.478 e. The van der Waals surface area contributed by atoms with Crippen LogP contribution < -0.4 is 10.6 Å². The number of nitrogens with one attached hydrogen (secondary N) is 2. The van der Waals surface area contributed by atoms with Gasteiger partial charge in [0, 0.05) is 23.1 Å². The molecule has 3 N–H and O–H groups in total. The molecule has 0 bridgehead atoms. The van der Waals surface area contributed by atoms with Crippen LogP contribution in [0.25, 0.3) is 0 Å². The van der Waals surface area contributed by atoms with E-state index >= 15 is 0 Å². The van der Waals surface area contributed by atoms with Crippen LogP contribution in [0.1, 0.15) is 29.6 Å². The van der Waals surface area contributed by atoms with Crippen LogP contribution >= 0.6 is 15.9 Å². The summed E-state index contributed by atoms with van der Waals surface area (Å²) in [6, 6.07) is 4.22. The number of rotatable bonds is 6. The highest BCUT2D eigenvalue weighted by atomic mass is 79.9. The van der Waals surface area contributed by atoms with Crippen molar-refractivity contribution in [2.24, 2.45) is 0 Å². The summed E-state index contributed by atoms with van der Waals surface area (Å²) in [6.07, 6.45) is 7.48. The van der Waals surface area contributed by atoms with Crippen LogP contribution in [0.3, 0.4) is 0 Å². The van der Waals surface area contributed by atoms with E-state index in [4.69, 9.17) is 11.5 Å². The number of anilines is 1. The van der Waals surface area contributed by atoms with Gasteiger partial charge in [0.05, 0.1) is 5.56 Å². The first-order valence-corrected chi connectivity index (χ1v) is 6.85. The third kappa shape index (κ3) is 5.33. The minimum absolute atomic E-state index is 0.0943. The van der Waals surface area contributed by atoms with E-state index in [1.165, 1.54) is 6.07 Å². The van der Waals surface area contributed by atoms with Gasteiger partial charge in [0.25, 0.3) is 0 Å². The zero-order chi connectivity index (χ0) is 15.0. The van der Waals surface area contributed by atoms with Crippen LogP contribution in [-0.4, -0.2) is 23.7 Å². The molecule has 0 radical (unpaired) electrons. The van der Waals surface area contributed by atoms with Crippen LogP contribution in [0.15, 0.2) is 22.7 Å². The lowest BCUT2D eigenvalue weighted by Crippen LogP contribution is -2.29. The molecule has 0 saturated heterocycles. The smallest absolute Gasteiger partial charge is 0.336 e. The number of carboxylic acids is 1. The number of unbranched alkanes of at least 4 members (excludes halogenated alkanes) is 2. The molecule has 1 aromatic carbocycles. The third-order valence-electron chi connectivity index (χ3n) is 2.49. The normalized spacial score (nSPS) is 9.60. The molecule has 106 valence electrons. The number of aromatic carboxylic acids is 1. The number of terminal acetylenes is 1. The summed E-state index contributed by atoms with van der Waals surface area (Å²) >= 11 is 3.14. The second kappa shape index (κ2) is 8.23. The number of carboxylic acid groups (broad SMARTS) is 1. The van der Waals surface area contributed by atoms with Gasteiger partial charge in [0.2, 0.25) is 0 Å². The van der Waals surface area contributed by atoms with Crippen molar-refractivity contribution in [2.45, 2.75) is 19.3 Å². The molecule has 1 rings (SSSR count). The Morgan fingerprint density at radius 2 is 2.10 bits per heavy atom. The summed E-state index contributed by atoms with van der Waals surface area (Å²) in [4.78, 5) is 22.5. The number of hydrogen-bond donors (Lipinski definition) is 3. The van der Waals surface area contributed by atoms with Gasteiger partial charge in [-0.3, -0.25) is 0 Å². The summed E-state index contributed by atoms with van der Waals surface area (Å²) in [5, 5.41) is 14.2. The lowest BCUT2D eigenvalue weighted by atomic mass is 10.2. The lowest BCUT2D eigenvalue weighted by molar-refractivity contribution is 0.0696. The van der Waals surface area contributed by atoms with E-state index in [1.54, 1.807) is 12.1 Å². The summed E-state index contributed by atoms with van der Waals surface area (Å²) in [5.74, 6) is 1.47. The monoisotopic (exact) mass is 338 g/mol. The molecule has 0 aromatic heterocycles. The fourth-order valence-electron chi connectivity index (χ4n) is 1.50. The Bertz CT molecular complexity index is 538. The number of urea groups is 1. The minimum Gasteiger partial charge on any atom is -0.478 e. The molecule has 5 nitrogen and oxygen atoms in total. The second-order valence-electron chi connectivity index (χ2n) is 4.04. The van der Waals surface area contributed by atoms with E-state index in [-0.39, 0.29) is 11.6 Å². The summed E-state index contributed by atoms with van der Waals surface area (Å²) in [7, 11) is 0. The predicted molar refractivity (Wildman–Crippen MR) is 80.8 cm³/mol. The van der Waals surface area contributed by atoms with Gasteiger partial charge in [-0.1, -0.05) is 0 Å². The molecule has 0 heterocycles. The molecule has 0 aliphatic carbocycles. The SMILES string of the molecule is C#CCCCCNC(=O)Nc1ccc(Br)c(C(=O)O)c1. The van der Waals surface area contributed by atoms with E-state index < -0.39 is 5.97 Å². The maximum absolute atomic E-state index is 11.6. The van der Waals surface area contributed by atoms with Crippen LogP contribution in [-0.2, 0) is 0 Å². The van der Waals surface area contributed by atoms with Crippen molar-refractivity contribution < 1.29 is 14.7 Å². The zero-order valence-corrected chi connectivity index (χ0v) is 12.4. The number of amides is 2. The zero-order valence-electron chi connectivity index (χ0n) is 10.8. The van der Waals surface area contributed by atoms with Gasteiger partial charge in [0.1, 0.15) is 0 Å². The Kier molecular flexibility index (Phi) is 6.60. The van der Waals surface area contributed by atoms with Crippen LogP contribution in [0.2, 0.25) is 0 Å². The highest BCUT2D eigenvalue weighted by Gasteiger charge is 2.10. The second-order valence-corrected chi connectivity index (χ2v) is 4.90. The first kappa shape index (κ1) is 16.1. The van der Waals surface area contributed by atoms with E-state index in [9.17, 15) is 9.59 Å². The van der Waals surface area contributed by atoms with Crippen molar-refractivity contribution in [3.8, 4) is 12.3 Å². The predicted octanol–water partition coefficient (Wildman–Crippen LogP) is 3.07. The quantitative estimate of drug-likeness (QED) is 0.551. The van der Waals surface area contributed by atoms with E-state index in [1.807, 2.05) is 0 Å². The van der Waals surface area contributed by atoms with Crippen molar-refractivity contribution in [3.05, 3.63) is 28.2 Å². The summed E-state index contributed by atoms with van der Waals surface area (Å²) in [6.45, 7) is 0.524. The van der Waals surface area contributed by atoms with Gasteiger partial charge in [0.15, 0.2) is 0 Å². The molecule has 1 aromatic rings. The summed E-state index contributed by atoms with van der Waals surface area (Å²) < 4.78 is 0.463. The molecule has 6 heteroatoms. The highest BCUT2D eigenvalue weighted by Crippen LogP contribution is 2.21. The Balaban J connectivity index is 2.48. The van der Waals surface area contributed by atoms with E-state index in [0.29, 0.717) is 23.1 Å². The molecule has 0 spiro atoms. The van der Waals surface area contributed by atoms with Gasteiger partial charge in [-0.05, 0) is 47.0 Å². The van der Waals surface area contributed by atoms with Crippen molar-refractivity contribution >= 4 is 33.6 Å². The van der Waals surface area contributed by atoms with Gasteiger partial charge < -0.3 is 15.7 Å². The molecule has 0 aliphatic rings. The molecule has 0 fully saturated rings. The Morgan fingerprint density at radius 3 is 2.75 bits per heavy atom. The number of carbonyl (C=O) groups excluding carboxylic acids is 1. The number of halogens is 1. The molecule has 0 unspecified atom stereocenters. The van der Waals surface area contributed by atoms with E-state index in [0.717, 1.165) is 12.8 Å². The third-order valence-corrected chi connectivity index (χ3v) is 3.18. The van der Waals surface area contributed by atoms with Crippen molar-refractivity contribution in [1.29, 1.82) is 0 Å². The lowest BCUT2D eigenvalue weighted by Gasteiger charge is -2.08. The first-order chi connectivity index (χ1) is 9.54.